The molecule has 0 aliphatic carbocycles. The van der Waals surface area contributed by atoms with Crippen molar-refractivity contribution in [3.63, 3.8) is 0 Å². The average Bonchev–Trinajstić information content (AvgIpc) is 3.04. The zero-order valence-electron chi connectivity index (χ0n) is 14.1. The van der Waals surface area contributed by atoms with Gasteiger partial charge in [0.2, 0.25) is 0 Å². The summed E-state index contributed by atoms with van der Waals surface area (Å²) in [5.74, 6) is 0.140. The molecule has 0 saturated carbocycles. The lowest BCUT2D eigenvalue weighted by Crippen LogP contribution is -2.52. The molecule has 132 valence electrons. The number of benzene rings is 1. The number of thiophene rings is 1. The lowest BCUT2D eigenvalue weighted by Gasteiger charge is -2.43. The number of aryl methyl sites for hydroxylation is 1. The zero-order valence-corrected chi connectivity index (χ0v) is 14.9. The summed E-state index contributed by atoms with van der Waals surface area (Å²) in [7, 11) is 0. The minimum absolute atomic E-state index is 0.0459. The number of piperidine rings is 3. The summed E-state index contributed by atoms with van der Waals surface area (Å²) >= 11 is 1.53. The maximum Gasteiger partial charge on any atom is 0.411 e. The van der Waals surface area contributed by atoms with Crippen LogP contribution < -0.4 is 5.32 Å². The van der Waals surface area contributed by atoms with Crippen molar-refractivity contribution in [3.05, 3.63) is 41.0 Å². The minimum Gasteiger partial charge on any atom is -0.444 e. The number of amides is 1. The molecule has 0 spiro atoms. The lowest BCUT2D eigenvalue weighted by atomic mass is 9.86. The van der Waals surface area contributed by atoms with Gasteiger partial charge in [0.1, 0.15) is 11.9 Å². The van der Waals surface area contributed by atoms with Crippen LogP contribution in [0.4, 0.5) is 14.9 Å². The van der Waals surface area contributed by atoms with Gasteiger partial charge in [-0.15, -0.1) is 11.3 Å². The number of fused-ring (bicyclic) bond motifs is 3. The molecule has 1 aromatic carbocycles. The number of rotatable bonds is 3. The average molecular weight is 360 g/mol. The monoisotopic (exact) mass is 360 g/mol. The van der Waals surface area contributed by atoms with Crippen LogP contribution in [-0.2, 0) is 4.74 Å². The quantitative estimate of drug-likeness (QED) is 0.876. The summed E-state index contributed by atoms with van der Waals surface area (Å²) in [4.78, 5) is 15.7. The number of carbonyl (C=O) groups is 1. The number of hydrogen-bond donors (Lipinski definition) is 1. The molecule has 1 aromatic heterocycles. The molecular formula is C19H21FN2O2S. The molecule has 0 radical (unpaired) electrons. The van der Waals surface area contributed by atoms with Crippen molar-refractivity contribution in [2.24, 2.45) is 5.92 Å². The first kappa shape index (κ1) is 16.5. The summed E-state index contributed by atoms with van der Waals surface area (Å²) in [5.41, 5.74) is 2.38. The molecule has 1 atom stereocenters. The lowest BCUT2D eigenvalue weighted by molar-refractivity contribution is -0.0289. The number of nitrogens with one attached hydrogen (secondary N) is 1. The van der Waals surface area contributed by atoms with E-state index in [1.54, 1.807) is 6.07 Å². The first-order valence-corrected chi connectivity index (χ1v) is 9.51. The van der Waals surface area contributed by atoms with Gasteiger partial charge in [-0.1, -0.05) is 0 Å². The highest BCUT2D eigenvalue weighted by Crippen LogP contribution is 2.34. The van der Waals surface area contributed by atoms with Crippen LogP contribution in [-0.4, -0.2) is 36.7 Å². The molecule has 25 heavy (non-hydrogen) atoms. The number of halogens is 1. The maximum atomic E-state index is 13.7. The van der Waals surface area contributed by atoms with Crippen LogP contribution in [0.2, 0.25) is 0 Å². The standard InChI is InChI=1S/C19H21FN2O2S/c1-12-8-18(25-11-12)15-9-14(20)2-3-16(15)21-19(23)24-17-10-22-6-4-13(17)5-7-22/h2-3,8-9,11,13,17H,4-7,10H2,1H3,(H,21,23)/t17-/m0/s1. The molecule has 5 rings (SSSR count). The first-order valence-electron chi connectivity index (χ1n) is 8.63. The van der Waals surface area contributed by atoms with E-state index in [4.69, 9.17) is 4.74 Å². The summed E-state index contributed by atoms with van der Waals surface area (Å²) in [6.07, 6.45) is 1.68. The maximum absolute atomic E-state index is 13.7. The summed E-state index contributed by atoms with van der Waals surface area (Å²) in [6.45, 7) is 5.02. The van der Waals surface area contributed by atoms with E-state index in [0.29, 0.717) is 17.2 Å². The second-order valence-corrected chi connectivity index (χ2v) is 7.80. The molecule has 3 aliphatic heterocycles. The highest BCUT2D eigenvalue weighted by Gasteiger charge is 2.36. The van der Waals surface area contributed by atoms with Crippen molar-refractivity contribution >= 4 is 23.1 Å². The van der Waals surface area contributed by atoms with Gasteiger partial charge in [0.15, 0.2) is 0 Å². The SMILES string of the molecule is Cc1csc(-c2cc(F)ccc2NC(=O)O[C@H]2C[N@]3CC[C@H]2CC3)c1. The second-order valence-electron chi connectivity index (χ2n) is 6.89. The Morgan fingerprint density at radius 3 is 2.76 bits per heavy atom. The third kappa shape index (κ3) is 3.55. The number of anilines is 1. The summed E-state index contributed by atoms with van der Waals surface area (Å²) in [5, 5.41) is 4.82. The fraction of sp³-hybridized carbons (Fsp3) is 0.421. The summed E-state index contributed by atoms with van der Waals surface area (Å²) < 4.78 is 19.4. The minimum atomic E-state index is -0.458. The predicted octanol–water partition coefficient (Wildman–Crippen LogP) is 4.51. The van der Waals surface area contributed by atoms with Crippen LogP contribution >= 0.6 is 11.3 Å². The third-order valence-electron chi connectivity index (χ3n) is 5.07. The van der Waals surface area contributed by atoms with Crippen molar-refractivity contribution in [3.8, 4) is 10.4 Å². The molecule has 1 N–H and O–H groups in total. The second kappa shape index (κ2) is 6.77. The number of carbonyl (C=O) groups excluding carboxylic acids is 1. The van der Waals surface area contributed by atoms with Gasteiger partial charge in [-0.25, -0.2) is 9.18 Å². The van der Waals surface area contributed by atoms with E-state index in [1.165, 1.54) is 23.5 Å². The number of ether oxygens (including phenoxy) is 1. The van der Waals surface area contributed by atoms with Gasteiger partial charge in [-0.3, -0.25) is 10.2 Å². The summed E-state index contributed by atoms with van der Waals surface area (Å²) in [6, 6.07) is 6.39. The molecule has 3 saturated heterocycles. The topological polar surface area (TPSA) is 41.6 Å². The number of nitrogens with zero attached hydrogens (tertiary/aromatic N) is 1. The van der Waals surface area contributed by atoms with Crippen molar-refractivity contribution in [1.29, 1.82) is 0 Å². The molecule has 3 aliphatic rings. The zero-order chi connectivity index (χ0) is 17.4. The van der Waals surface area contributed by atoms with Gasteiger partial charge in [-0.05, 0) is 74.0 Å². The molecule has 3 fully saturated rings. The highest BCUT2D eigenvalue weighted by molar-refractivity contribution is 7.13. The van der Waals surface area contributed by atoms with E-state index in [-0.39, 0.29) is 11.9 Å². The van der Waals surface area contributed by atoms with Gasteiger partial charge in [0.05, 0.1) is 5.69 Å². The Hall–Kier alpha value is -1.92. The first-order chi connectivity index (χ1) is 12.1. The molecule has 1 amide bonds. The van der Waals surface area contributed by atoms with Gasteiger partial charge in [-0.2, -0.15) is 0 Å². The molecular weight excluding hydrogens is 339 g/mol. The van der Waals surface area contributed by atoms with Crippen molar-refractivity contribution < 1.29 is 13.9 Å². The Morgan fingerprint density at radius 2 is 2.12 bits per heavy atom. The largest absolute Gasteiger partial charge is 0.444 e. The molecule has 4 heterocycles. The van der Waals surface area contributed by atoms with Crippen molar-refractivity contribution in [2.45, 2.75) is 25.9 Å². The van der Waals surface area contributed by atoms with Gasteiger partial charge < -0.3 is 4.74 Å². The van der Waals surface area contributed by atoms with E-state index in [9.17, 15) is 9.18 Å². The van der Waals surface area contributed by atoms with Gasteiger partial charge in [0, 0.05) is 17.0 Å². The molecule has 6 heteroatoms. The molecule has 4 nitrogen and oxygen atoms in total. The molecule has 0 unspecified atom stereocenters. The predicted molar refractivity (Wildman–Crippen MR) is 97.5 cm³/mol. The van der Waals surface area contributed by atoms with Crippen LogP contribution in [0.5, 0.6) is 0 Å². The van der Waals surface area contributed by atoms with Crippen LogP contribution in [0.25, 0.3) is 10.4 Å². The Labute approximate surface area is 150 Å². The number of hydrogen-bond acceptors (Lipinski definition) is 4. The Balaban J connectivity index is 1.49. The van der Waals surface area contributed by atoms with E-state index in [1.807, 2.05) is 18.4 Å². The highest BCUT2D eigenvalue weighted by atomic mass is 32.1. The van der Waals surface area contributed by atoms with E-state index >= 15 is 0 Å². The van der Waals surface area contributed by atoms with Crippen LogP contribution in [0, 0.1) is 18.7 Å². The smallest absolute Gasteiger partial charge is 0.411 e. The van der Waals surface area contributed by atoms with Crippen molar-refractivity contribution in [2.75, 3.05) is 25.0 Å². The Morgan fingerprint density at radius 1 is 1.32 bits per heavy atom. The van der Waals surface area contributed by atoms with Crippen LogP contribution in [0.15, 0.2) is 29.6 Å². The van der Waals surface area contributed by atoms with Gasteiger partial charge in [0.25, 0.3) is 0 Å². The molecule has 2 aromatic rings. The van der Waals surface area contributed by atoms with Crippen LogP contribution in [0.1, 0.15) is 18.4 Å². The van der Waals surface area contributed by atoms with E-state index in [2.05, 4.69) is 10.2 Å². The molecule has 2 bridgehead atoms. The normalized spacial score (nSPS) is 25.0. The fourth-order valence-electron chi connectivity index (χ4n) is 3.72. The Kier molecular flexibility index (Phi) is 4.48. The van der Waals surface area contributed by atoms with E-state index < -0.39 is 6.09 Å². The Bertz CT molecular complexity index is 783. The van der Waals surface area contributed by atoms with Crippen LogP contribution in [0.3, 0.4) is 0 Å². The van der Waals surface area contributed by atoms with Crippen molar-refractivity contribution in [1.82, 2.24) is 4.90 Å². The third-order valence-corrected chi connectivity index (χ3v) is 6.15. The van der Waals surface area contributed by atoms with Gasteiger partial charge >= 0.3 is 6.09 Å². The van der Waals surface area contributed by atoms with E-state index in [0.717, 1.165) is 42.9 Å². The fourth-order valence-corrected chi connectivity index (χ4v) is 4.65.